The zero-order chi connectivity index (χ0) is 12.9. The number of sulfonamides is 1. The van der Waals surface area contributed by atoms with E-state index in [1.807, 2.05) is 6.07 Å². The van der Waals surface area contributed by atoms with E-state index in [4.69, 9.17) is 5.26 Å². The average Bonchev–Trinajstić information content (AvgIpc) is 2.62. The Balaban J connectivity index is 2.36. The van der Waals surface area contributed by atoms with Crippen LogP contribution in [-0.4, -0.2) is 56.0 Å². The van der Waals surface area contributed by atoms with Crippen LogP contribution in [0.2, 0.25) is 0 Å². The number of hydrogen-bond acceptors (Lipinski definition) is 4. The minimum atomic E-state index is -3.12. The fourth-order valence-electron chi connectivity index (χ4n) is 1.70. The molecule has 0 aromatic rings. The van der Waals surface area contributed by atoms with Crippen molar-refractivity contribution in [3.05, 3.63) is 0 Å². The first-order chi connectivity index (χ1) is 7.97. The standard InChI is InChI=1S/C10H17N3O3S/c1-12(6-2-5-11)10(14)4-8-13-7-3-9-17(13,15)16/h2-4,6-9H2,1H3. The maximum absolute atomic E-state index is 11.6. The predicted octanol–water partition coefficient (Wildman–Crippen LogP) is -0.216. The SMILES string of the molecule is CN(CCC#N)C(=O)CCN1CCCS1(=O)=O. The normalized spacial score (nSPS) is 18.8. The third kappa shape index (κ3) is 3.98. The molecule has 96 valence electrons. The first-order valence-corrected chi connectivity index (χ1v) is 7.17. The number of hydrogen-bond donors (Lipinski definition) is 0. The molecule has 1 rings (SSSR count). The van der Waals surface area contributed by atoms with E-state index in [0.717, 1.165) is 0 Å². The van der Waals surface area contributed by atoms with Crippen LogP contribution in [0.1, 0.15) is 19.3 Å². The summed E-state index contributed by atoms with van der Waals surface area (Å²) in [5.41, 5.74) is 0. The van der Waals surface area contributed by atoms with Crippen LogP contribution < -0.4 is 0 Å². The highest BCUT2D eigenvalue weighted by Gasteiger charge is 2.28. The molecule has 0 N–H and O–H groups in total. The minimum absolute atomic E-state index is 0.123. The lowest BCUT2D eigenvalue weighted by Crippen LogP contribution is -2.33. The first kappa shape index (κ1) is 13.9. The van der Waals surface area contributed by atoms with E-state index in [0.29, 0.717) is 25.9 Å². The molecule has 1 fully saturated rings. The molecule has 0 aromatic heterocycles. The number of nitrogens with zero attached hydrogens (tertiary/aromatic N) is 3. The first-order valence-electron chi connectivity index (χ1n) is 5.56. The second kappa shape index (κ2) is 5.98. The van der Waals surface area contributed by atoms with Crippen LogP contribution in [0.5, 0.6) is 0 Å². The lowest BCUT2D eigenvalue weighted by Gasteiger charge is -2.18. The highest BCUT2D eigenvalue weighted by Crippen LogP contribution is 2.13. The Kier molecular flexibility index (Phi) is 4.90. The van der Waals surface area contributed by atoms with Crippen LogP contribution in [0.3, 0.4) is 0 Å². The van der Waals surface area contributed by atoms with Crippen LogP contribution in [0.4, 0.5) is 0 Å². The minimum Gasteiger partial charge on any atom is -0.345 e. The third-order valence-electron chi connectivity index (χ3n) is 2.76. The van der Waals surface area contributed by atoms with E-state index in [1.54, 1.807) is 7.05 Å². The van der Waals surface area contributed by atoms with Gasteiger partial charge < -0.3 is 4.90 Å². The largest absolute Gasteiger partial charge is 0.345 e. The summed E-state index contributed by atoms with van der Waals surface area (Å²) in [6, 6.07) is 1.96. The highest BCUT2D eigenvalue weighted by molar-refractivity contribution is 7.89. The van der Waals surface area contributed by atoms with Crippen molar-refractivity contribution in [1.82, 2.24) is 9.21 Å². The van der Waals surface area contributed by atoms with Gasteiger partial charge in [0.15, 0.2) is 0 Å². The summed E-state index contributed by atoms with van der Waals surface area (Å²) in [6.45, 7) is 1.15. The number of carbonyl (C=O) groups excluding carboxylic acids is 1. The quantitative estimate of drug-likeness (QED) is 0.683. The molecule has 6 nitrogen and oxygen atoms in total. The molecule has 0 spiro atoms. The van der Waals surface area contributed by atoms with Crippen molar-refractivity contribution < 1.29 is 13.2 Å². The number of rotatable bonds is 5. The van der Waals surface area contributed by atoms with Crippen molar-refractivity contribution >= 4 is 15.9 Å². The second-order valence-electron chi connectivity index (χ2n) is 4.04. The molecule has 1 amide bonds. The third-order valence-corrected chi connectivity index (χ3v) is 4.72. The van der Waals surface area contributed by atoms with Crippen molar-refractivity contribution in [3.63, 3.8) is 0 Å². The monoisotopic (exact) mass is 259 g/mol. The zero-order valence-electron chi connectivity index (χ0n) is 9.92. The predicted molar refractivity (Wildman–Crippen MR) is 62.5 cm³/mol. The average molecular weight is 259 g/mol. The smallest absolute Gasteiger partial charge is 0.223 e. The van der Waals surface area contributed by atoms with E-state index < -0.39 is 10.0 Å². The van der Waals surface area contributed by atoms with Crippen molar-refractivity contribution in [2.24, 2.45) is 0 Å². The summed E-state index contributed by atoms with van der Waals surface area (Å²) < 4.78 is 24.3. The molecular formula is C10H17N3O3S. The zero-order valence-corrected chi connectivity index (χ0v) is 10.7. The molecule has 0 unspecified atom stereocenters. The van der Waals surface area contributed by atoms with Gasteiger partial charge in [-0.25, -0.2) is 12.7 Å². The molecule has 7 heteroatoms. The Morgan fingerprint density at radius 3 is 2.76 bits per heavy atom. The summed E-state index contributed by atoms with van der Waals surface area (Å²) >= 11 is 0. The van der Waals surface area contributed by atoms with Crippen LogP contribution >= 0.6 is 0 Å². The van der Waals surface area contributed by atoms with Gasteiger partial charge in [0.2, 0.25) is 15.9 Å². The van der Waals surface area contributed by atoms with E-state index in [-0.39, 0.29) is 24.6 Å². The molecule has 1 heterocycles. The van der Waals surface area contributed by atoms with Crippen LogP contribution in [-0.2, 0) is 14.8 Å². The van der Waals surface area contributed by atoms with Gasteiger partial charge >= 0.3 is 0 Å². The van der Waals surface area contributed by atoms with E-state index in [9.17, 15) is 13.2 Å². The summed E-state index contributed by atoms with van der Waals surface area (Å²) in [5.74, 6) is 0.0632. The summed E-state index contributed by atoms with van der Waals surface area (Å²) in [6.07, 6.45) is 1.12. The van der Waals surface area contributed by atoms with Gasteiger partial charge in [0.05, 0.1) is 18.2 Å². The molecule has 1 aliphatic rings. The molecule has 1 saturated heterocycles. The Morgan fingerprint density at radius 2 is 2.24 bits per heavy atom. The molecule has 0 atom stereocenters. The van der Waals surface area contributed by atoms with Gasteiger partial charge in [-0.15, -0.1) is 0 Å². The van der Waals surface area contributed by atoms with Crippen molar-refractivity contribution in [1.29, 1.82) is 5.26 Å². The van der Waals surface area contributed by atoms with Crippen molar-refractivity contribution in [3.8, 4) is 6.07 Å². The molecule has 0 saturated carbocycles. The molecule has 0 bridgehead atoms. The lowest BCUT2D eigenvalue weighted by atomic mass is 10.3. The maximum atomic E-state index is 11.6. The fraction of sp³-hybridized carbons (Fsp3) is 0.800. The second-order valence-corrected chi connectivity index (χ2v) is 6.13. The lowest BCUT2D eigenvalue weighted by molar-refractivity contribution is -0.129. The van der Waals surface area contributed by atoms with E-state index in [1.165, 1.54) is 9.21 Å². The summed E-state index contributed by atoms with van der Waals surface area (Å²) in [7, 11) is -1.49. The fourth-order valence-corrected chi connectivity index (χ4v) is 3.22. The van der Waals surface area contributed by atoms with E-state index in [2.05, 4.69) is 0 Å². The van der Waals surface area contributed by atoms with Gasteiger partial charge in [-0.05, 0) is 6.42 Å². The molecule has 0 aromatic carbocycles. The van der Waals surface area contributed by atoms with Crippen LogP contribution in [0.15, 0.2) is 0 Å². The number of amides is 1. The van der Waals surface area contributed by atoms with Crippen LogP contribution in [0.25, 0.3) is 0 Å². The summed E-state index contributed by atoms with van der Waals surface area (Å²) in [5, 5.41) is 8.39. The molecule has 0 aliphatic carbocycles. The Bertz CT molecular complexity index is 413. The molecular weight excluding hydrogens is 242 g/mol. The molecule has 1 aliphatic heterocycles. The van der Waals surface area contributed by atoms with Gasteiger partial charge in [0.25, 0.3) is 0 Å². The number of nitriles is 1. The topological polar surface area (TPSA) is 81.5 Å². The summed E-state index contributed by atoms with van der Waals surface area (Å²) in [4.78, 5) is 13.1. The highest BCUT2D eigenvalue weighted by atomic mass is 32.2. The maximum Gasteiger partial charge on any atom is 0.223 e. The van der Waals surface area contributed by atoms with Crippen molar-refractivity contribution in [2.45, 2.75) is 19.3 Å². The van der Waals surface area contributed by atoms with Gasteiger partial charge in [0.1, 0.15) is 0 Å². The van der Waals surface area contributed by atoms with Gasteiger partial charge in [-0.2, -0.15) is 5.26 Å². The van der Waals surface area contributed by atoms with Crippen LogP contribution in [0, 0.1) is 11.3 Å². The Hall–Kier alpha value is -1.13. The van der Waals surface area contributed by atoms with Gasteiger partial charge in [0, 0.05) is 33.1 Å². The van der Waals surface area contributed by atoms with Gasteiger partial charge in [-0.1, -0.05) is 0 Å². The number of carbonyl (C=O) groups is 1. The Labute approximate surface area is 102 Å². The van der Waals surface area contributed by atoms with Crippen molar-refractivity contribution in [2.75, 3.05) is 32.4 Å². The molecule has 17 heavy (non-hydrogen) atoms. The molecule has 0 radical (unpaired) electrons. The Morgan fingerprint density at radius 1 is 1.53 bits per heavy atom. The van der Waals surface area contributed by atoms with E-state index >= 15 is 0 Å². The van der Waals surface area contributed by atoms with Gasteiger partial charge in [-0.3, -0.25) is 4.79 Å².